The van der Waals surface area contributed by atoms with Crippen molar-refractivity contribution in [3.05, 3.63) is 59.2 Å². The number of aromatic nitrogens is 2. The Morgan fingerprint density at radius 1 is 1.18 bits per heavy atom. The van der Waals surface area contributed by atoms with E-state index in [0.29, 0.717) is 0 Å². The maximum Gasteiger partial charge on any atom is 0.125 e. The van der Waals surface area contributed by atoms with Crippen LogP contribution in [0, 0.1) is 13.8 Å². The molecule has 0 saturated heterocycles. The van der Waals surface area contributed by atoms with Crippen LogP contribution in [-0.2, 0) is 6.42 Å². The van der Waals surface area contributed by atoms with E-state index >= 15 is 0 Å². The molecule has 1 aromatic heterocycles. The Morgan fingerprint density at radius 2 is 1.94 bits per heavy atom. The van der Waals surface area contributed by atoms with Crippen LogP contribution in [0.4, 0.5) is 0 Å². The molecule has 0 amide bonds. The zero-order valence-electron chi connectivity index (χ0n) is 10.2. The standard InChI is InChI=1S/C14H17N3/c1-10-5-3-4-6-12(10)9-13(15)14-7-8-16-11(2)17-14/h3-8,13H,9,15H2,1-2H3. The zero-order valence-corrected chi connectivity index (χ0v) is 10.2. The van der Waals surface area contributed by atoms with Crippen molar-refractivity contribution in [2.45, 2.75) is 26.3 Å². The summed E-state index contributed by atoms with van der Waals surface area (Å²) in [5.41, 5.74) is 9.62. The van der Waals surface area contributed by atoms with Gasteiger partial charge in [0.05, 0.1) is 11.7 Å². The van der Waals surface area contributed by atoms with E-state index in [1.807, 2.05) is 25.1 Å². The first-order valence-electron chi connectivity index (χ1n) is 5.76. The Hall–Kier alpha value is -1.74. The van der Waals surface area contributed by atoms with E-state index < -0.39 is 0 Å². The van der Waals surface area contributed by atoms with Gasteiger partial charge >= 0.3 is 0 Å². The van der Waals surface area contributed by atoms with Crippen LogP contribution in [0.2, 0.25) is 0 Å². The molecular formula is C14H17N3. The monoisotopic (exact) mass is 227 g/mol. The van der Waals surface area contributed by atoms with E-state index in [9.17, 15) is 0 Å². The summed E-state index contributed by atoms with van der Waals surface area (Å²) in [6.45, 7) is 3.98. The van der Waals surface area contributed by atoms with E-state index in [1.54, 1.807) is 6.20 Å². The Labute approximate surface area is 102 Å². The summed E-state index contributed by atoms with van der Waals surface area (Å²) < 4.78 is 0. The first kappa shape index (κ1) is 11.7. The van der Waals surface area contributed by atoms with Crippen molar-refractivity contribution in [3.63, 3.8) is 0 Å². The smallest absolute Gasteiger partial charge is 0.125 e. The maximum absolute atomic E-state index is 6.17. The van der Waals surface area contributed by atoms with Gasteiger partial charge < -0.3 is 5.73 Å². The Kier molecular flexibility index (Phi) is 3.49. The average Bonchev–Trinajstić information content (AvgIpc) is 2.32. The van der Waals surface area contributed by atoms with Gasteiger partial charge in [0, 0.05) is 6.20 Å². The Balaban J connectivity index is 2.17. The van der Waals surface area contributed by atoms with Crippen molar-refractivity contribution < 1.29 is 0 Å². The lowest BCUT2D eigenvalue weighted by molar-refractivity contribution is 0.685. The van der Waals surface area contributed by atoms with Crippen LogP contribution in [0.3, 0.4) is 0 Å². The van der Waals surface area contributed by atoms with Crippen LogP contribution in [0.15, 0.2) is 36.5 Å². The summed E-state index contributed by atoms with van der Waals surface area (Å²) in [4.78, 5) is 8.44. The minimum Gasteiger partial charge on any atom is -0.322 e. The zero-order chi connectivity index (χ0) is 12.3. The molecule has 1 atom stereocenters. The molecule has 1 unspecified atom stereocenters. The lowest BCUT2D eigenvalue weighted by atomic mass is 10.00. The van der Waals surface area contributed by atoms with Gasteiger partial charge in [-0.05, 0) is 37.5 Å². The summed E-state index contributed by atoms with van der Waals surface area (Å²) in [5, 5.41) is 0. The second-order valence-electron chi connectivity index (χ2n) is 4.27. The second-order valence-corrected chi connectivity index (χ2v) is 4.27. The third-order valence-electron chi connectivity index (χ3n) is 2.88. The third-order valence-corrected chi connectivity index (χ3v) is 2.88. The van der Waals surface area contributed by atoms with E-state index in [0.717, 1.165) is 17.9 Å². The fourth-order valence-electron chi connectivity index (χ4n) is 1.86. The topological polar surface area (TPSA) is 51.8 Å². The SMILES string of the molecule is Cc1nccc(C(N)Cc2ccccc2C)n1. The van der Waals surface area contributed by atoms with Crippen molar-refractivity contribution in [3.8, 4) is 0 Å². The van der Waals surface area contributed by atoms with Gasteiger partial charge in [-0.15, -0.1) is 0 Å². The molecule has 0 spiro atoms. The molecule has 0 fully saturated rings. The van der Waals surface area contributed by atoms with Gasteiger partial charge in [0.15, 0.2) is 0 Å². The average molecular weight is 227 g/mol. The lowest BCUT2D eigenvalue weighted by Crippen LogP contribution is -2.16. The lowest BCUT2D eigenvalue weighted by Gasteiger charge is -2.13. The molecule has 3 nitrogen and oxygen atoms in total. The highest BCUT2D eigenvalue weighted by Crippen LogP contribution is 2.16. The summed E-state index contributed by atoms with van der Waals surface area (Å²) in [5.74, 6) is 0.766. The van der Waals surface area contributed by atoms with Crippen molar-refractivity contribution in [2.75, 3.05) is 0 Å². The molecule has 0 bridgehead atoms. The van der Waals surface area contributed by atoms with Crippen LogP contribution >= 0.6 is 0 Å². The van der Waals surface area contributed by atoms with E-state index in [-0.39, 0.29) is 6.04 Å². The molecule has 88 valence electrons. The summed E-state index contributed by atoms with van der Waals surface area (Å²) in [7, 11) is 0. The van der Waals surface area contributed by atoms with Crippen molar-refractivity contribution in [1.82, 2.24) is 9.97 Å². The summed E-state index contributed by atoms with van der Waals surface area (Å²) >= 11 is 0. The Morgan fingerprint density at radius 3 is 2.65 bits per heavy atom. The largest absolute Gasteiger partial charge is 0.322 e. The first-order chi connectivity index (χ1) is 8.16. The fraction of sp³-hybridized carbons (Fsp3) is 0.286. The van der Waals surface area contributed by atoms with Crippen LogP contribution in [0.1, 0.15) is 28.7 Å². The molecule has 17 heavy (non-hydrogen) atoms. The highest BCUT2D eigenvalue weighted by molar-refractivity contribution is 5.27. The number of rotatable bonds is 3. The van der Waals surface area contributed by atoms with Crippen molar-refractivity contribution in [1.29, 1.82) is 0 Å². The molecule has 2 N–H and O–H groups in total. The number of aryl methyl sites for hydroxylation is 2. The van der Waals surface area contributed by atoms with Gasteiger partial charge in [0.1, 0.15) is 5.82 Å². The van der Waals surface area contributed by atoms with Crippen LogP contribution in [0.25, 0.3) is 0 Å². The quantitative estimate of drug-likeness (QED) is 0.875. The number of hydrogen-bond donors (Lipinski definition) is 1. The molecule has 0 aliphatic rings. The molecule has 0 radical (unpaired) electrons. The molecule has 0 saturated carbocycles. The highest BCUT2D eigenvalue weighted by Gasteiger charge is 2.10. The summed E-state index contributed by atoms with van der Waals surface area (Å²) in [6.07, 6.45) is 2.57. The predicted octanol–water partition coefficient (Wildman–Crippen LogP) is 2.34. The number of nitrogens with two attached hydrogens (primary N) is 1. The normalized spacial score (nSPS) is 12.4. The molecule has 1 heterocycles. The highest BCUT2D eigenvalue weighted by atomic mass is 14.9. The van der Waals surface area contributed by atoms with E-state index in [2.05, 4.69) is 29.0 Å². The minimum atomic E-state index is -0.0715. The number of benzene rings is 1. The Bertz CT molecular complexity index is 508. The van der Waals surface area contributed by atoms with E-state index in [4.69, 9.17) is 5.73 Å². The van der Waals surface area contributed by atoms with Gasteiger partial charge in [-0.2, -0.15) is 0 Å². The van der Waals surface area contributed by atoms with Gasteiger partial charge in [-0.25, -0.2) is 9.97 Å². The van der Waals surface area contributed by atoms with Crippen LogP contribution in [0.5, 0.6) is 0 Å². The predicted molar refractivity (Wildman–Crippen MR) is 68.6 cm³/mol. The number of hydrogen-bond acceptors (Lipinski definition) is 3. The van der Waals surface area contributed by atoms with E-state index in [1.165, 1.54) is 11.1 Å². The van der Waals surface area contributed by atoms with Crippen LogP contribution < -0.4 is 5.73 Å². The van der Waals surface area contributed by atoms with Crippen LogP contribution in [-0.4, -0.2) is 9.97 Å². The van der Waals surface area contributed by atoms with Crippen molar-refractivity contribution in [2.24, 2.45) is 5.73 Å². The minimum absolute atomic E-state index is 0.0715. The van der Waals surface area contributed by atoms with Crippen molar-refractivity contribution >= 4 is 0 Å². The first-order valence-corrected chi connectivity index (χ1v) is 5.76. The molecule has 0 aliphatic carbocycles. The fourth-order valence-corrected chi connectivity index (χ4v) is 1.86. The van der Waals surface area contributed by atoms with Gasteiger partial charge in [0.25, 0.3) is 0 Å². The molecule has 2 aromatic rings. The molecule has 0 aliphatic heterocycles. The van der Waals surface area contributed by atoms with Gasteiger partial charge in [-0.3, -0.25) is 0 Å². The third kappa shape index (κ3) is 2.88. The molecule has 3 heteroatoms. The maximum atomic E-state index is 6.17. The number of nitrogens with zero attached hydrogens (tertiary/aromatic N) is 2. The van der Waals surface area contributed by atoms with Gasteiger partial charge in [-0.1, -0.05) is 24.3 Å². The molecule has 2 rings (SSSR count). The summed E-state index contributed by atoms with van der Waals surface area (Å²) in [6, 6.07) is 10.1. The molecular weight excluding hydrogens is 210 g/mol. The molecule has 1 aromatic carbocycles. The second kappa shape index (κ2) is 5.06. The van der Waals surface area contributed by atoms with Gasteiger partial charge in [0.2, 0.25) is 0 Å².